The summed E-state index contributed by atoms with van der Waals surface area (Å²) in [6.07, 6.45) is 6.05. The second-order valence-electron chi connectivity index (χ2n) is 8.49. The Morgan fingerprint density at radius 2 is 1.68 bits per heavy atom. The molecule has 0 unspecified atom stereocenters. The van der Waals surface area contributed by atoms with Gasteiger partial charge in [-0.3, -0.25) is 9.59 Å². The van der Waals surface area contributed by atoms with E-state index in [0.717, 1.165) is 49.7 Å². The second kappa shape index (κ2) is 6.77. The van der Waals surface area contributed by atoms with Gasteiger partial charge in [0.05, 0.1) is 11.5 Å². The van der Waals surface area contributed by atoms with E-state index < -0.39 is 5.54 Å². The maximum atomic E-state index is 13.6. The number of carbonyl (C=O) groups is 2. The van der Waals surface area contributed by atoms with Crippen LogP contribution in [0.3, 0.4) is 0 Å². The molecule has 1 spiro atoms. The van der Waals surface area contributed by atoms with Gasteiger partial charge >= 0.3 is 0 Å². The maximum absolute atomic E-state index is 13.6. The molecule has 1 atom stereocenters. The Kier molecular flexibility index (Phi) is 4.22. The largest absolute Gasteiger partial charge is 0.353 e. The lowest BCUT2D eigenvalue weighted by molar-refractivity contribution is -0.126. The van der Waals surface area contributed by atoms with E-state index in [2.05, 4.69) is 17.4 Å². The monoisotopic (exact) mass is 374 g/mol. The SMILES string of the molecule is O=C(NC1CC1)[C@H]1c2ccccc2C(=O)N(Cc2ccccc2)C12CCCC2. The van der Waals surface area contributed by atoms with E-state index in [4.69, 9.17) is 0 Å². The van der Waals surface area contributed by atoms with Crippen LogP contribution in [-0.2, 0) is 11.3 Å². The Labute approximate surface area is 165 Å². The van der Waals surface area contributed by atoms with Crippen LogP contribution >= 0.6 is 0 Å². The van der Waals surface area contributed by atoms with E-state index in [0.29, 0.717) is 18.2 Å². The number of fused-ring (bicyclic) bond motifs is 1. The zero-order chi connectivity index (χ0) is 19.1. The van der Waals surface area contributed by atoms with Crippen LogP contribution in [0.5, 0.6) is 0 Å². The number of hydrogen-bond donors (Lipinski definition) is 1. The third-order valence-corrected chi connectivity index (χ3v) is 6.66. The minimum atomic E-state index is -0.416. The lowest BCUT2D eigenvalue weighted by Gasteiger charge is -2.50. The highest BCUT2D eigenvalue weighted by Crippen LogP contribution is 2.51. The molecule has 2 aromatic carbocycles. The van der Waals surface area contributed by atoms with Gasteiger partial charge in [-0.2, -0.15) is 0 Å². The summed E-state index contributed by atoms with van der Waals surface area (Å²) in [5.74, 6) is -0.118. The smallest absolute Gasteiger partial charge is 0.254 e. The van der Waals surface area contributed by atoms with E-state index >= 15 is 0 Å². The normalized spacial score (nSPS) is 22.9. The summed E-state index contributed by atoms with van der Waals surface area (Å²) >= 11 is 0. The number of nitrogens with one attached hydrogen (secondary N) is 1. The molecule has 3 aliphatic rings. The standard InChI is InChI=1S/C24H26N2O2/c27-22(25-18-12-13-18)21-19-10-4-5-11-20(19)23(28)26(24(21)14-6-7-15-24)16-17-8-2-1-3-9-17/h1-5,8-11,18,21H,6-7,12-16H2,(H,25,27)/t21-/m1/s1. The van der Waals surface area contributed by atoms with Crippen LogP contribution in [0.2, 0.25) is 0 Å². The van der Waals surface area contributed by atoms with Crippen molar-refractivity contribution >= 4 is 11.8 Å². The minimum absolute atomic E-state index is 0.0665. The van der Waals surface area contributed by atoms with E-state index in [1.165, 1.54) is 0 Å². The molecule has 0 radical (unpaired) electrons. The van der Waals surface area contributed by atoms with Gasteiger partial charge in [0.1, 0.15) is 0 Å². The van der Waals surface area contributed by atoms with E-state index in [1.54, 1.807) is 0 Å². The van der Waals surface area contributed by atoms with Crippen LogP contribution in [0, 0.1) is 0 Å². The quantitative estimate of drug-likeness (QED) is 0.879. The molecule has 144 valence electrons. The summed E-state index contributed by atoms with van der Waals surface area (Å²) in [5.41, 5.74) is 2.30. The number of hydrogen-bond acceptors (Lipinski definition) is 2. The Balaban J connectivity index is 1.62. The Hall–Kier alpha value is -2.62. The van der Waals surface area contributed by atoms with Gasteiger partial charge in [0.25, 0.3) is 5.91 Å². The molecule has 2 aromatic rings. The second-order valence-corrected chi connectivity index (χ2v) is 8.49. The van der Waals surface area contributed by atoms with E-state index in [9.17, 15) is 9.59 Å². The highest BCUT2D eigenvalue weighted by atomic mass is 16.2. The summed E-state index contributed by atoms with van der Waals surface area (Å²) in [6.45, 7) is 0.557. The molecule has 2 amide bonds. The lowest BCUT2D eigenvalue weighted by Crippen LogP contribution is -2.60. The fourth-order valence-electron chi connectivity index (χ4n) is 5.17. The summed E-state index contributed by atoms with van der Waals surface area (Å²) < 4.78 is 0. The third-order valence-electron chi connectivity index (χ3n) is 6.66. The Bertz CT molecular complexity index is 898. The van der Waals surface area contributed by atoms with Gasteiger partial charge in [-0.05, 0) is 42.9 Å². The average Bonchev–Trinajstić information content (AvgIpc) is 3.40. The van der Waals surface area contributed by atoms with Crippen molar-refractivity contribution in [3.05, 3.63) is 71.3 Å². The number of amides is 2. The summed E-state index contributed by atoms with van der Waals surface area (Å²) in [7, 11) is 0. The van der Waals surface area contributed by atoms with Gasteiger partial charge in [-0.25, -0.2) is 0 Å². The number of nitrogens with zero attached hydrogens (tertiary/aromatic N) is 1. The molecule has 28 heavy (non-hydrogen) atoms. The van der Waals surface area contributed by atoms with E-state index in [1.807, 2.05) is 47.4 Å². The van der Waals surface area contributed by atoms with Crippen molar-refractivity contribution in [1.82, 2.24) is 10.2 Å². The Morgan fingerprint density at radius 3 is 2.39 bits per heavy atom. The van der Waals surface area contributed by atoms with Crippen LogP contribution in [0.15, 0.2) is 54.6 Å². The molecule has 2 fully saturated rings. The molecule has 4 nitrogen and oxygen atoms in total. The molecular weight excluding hydrogens is 348 g/mol. The molecule has 1 N–H and O–H groups in total. The molecule has 4 heteroatoms. The summed E-state index contributed by atoms with van der Waals surface area (Å²) in [5, 5.41) is 3.24. The van der Waals surface area contributed by atoms with Crippen molar-refractivity contribution in [2.45, 2.75) is 62.6 Å². The maximum Gasteiger partial charge on any atom is 0.254 e. The fraction of sp³-hybridized carbons (Fsp3) is 0.417. The van der Waals surface area contributed by atoms with Gasteiger partial charge < -0.3 is 10.2 Å². The number of carbonyl (C=O) groups excluding carboxylic acids is 2. The molecule has 2 saturated carbocycles. The molecule has 1 heterocycles. The van der Waals surface area contributed by atoms with Crippen molar-refractivity contribution in [1.29, 1.82) is 0 Å². The van der Waals surface area contributed by atoms with Gasteiger partial charge in [-0.15, -0.1) is 0 Å². The Morgan fingerprint density at radius 1 is 1.00 bits per heavy atom. The minimum Gasteiger partial charge on any atom is -0.353 e. The first-order valence-electron chi connectivity index (χ1n) is 10.4. The topological polar surface area (TPSA) is 49.4 Å². The van der Waals surface area contributed by atoms with Crippen molar-refractivity contribution < 1.29 is 9.59 Å². The number of rotatable bonds is 4. The van der Waals surface area contributed by atoms with Crippen LogP contribution < -0.4 is 5.32 Å². The summed E-state index contributed by atoms with van der Waals surface area (Å²) in [4.78, 5) is 29.0. The van der Waals surface area contributed by atoms with Crippen LogP contribution in [-0.4, -0.2) is 28.3 Å². The first-order valence-corrected chi connectivity index (χ1v) is 10.4. The zero-order valence-electron chi connectivity index (χ0n) is 16.1. The predicted molar refractivity (Wildman–Crippen MR) is 108 cm³/mol. The van der Waals surface area contributed by atoms with Crippen LogP contribution in [0.1, 0.15) is 65.9 Å². The number of benzene rings is 2. The van der Waals surface area contributed by atoms with Crippen LogP contribution in [0.4, 0.5) is 0 Å². The van der Waals surface area contributed by atoms with Gasteiger partial charge in [-0.1, -0.05) is 61.4 Å². The van der Waals surface area contributed by atoms with Gasteiger partial charge in [0.15, 0.2) is 0 Å². The van der Waals surface area contributed by atoms with Crippen LogP contribution in [0.25, 0.3) is 0 Å². The van der Waals surface area contributed by atoms with Crippen molar-refractivity contribution in [2.75, 3.05) is 0 Å². The predicted octanol–water partition coefficient (Wildman–Crippen LogP) is 4.02. The first-order chi connectivity index (χ1) is 13.7. The average molecular weight is 374 g/mol. The molecular formula is C24H26N2O2. The van der Waals surface area contributed by atoms with Gasteiger partial charge in [0.2, 0.25) is 5.91 Å². The molecule has 0 bridgehead atoms. The van der Waals surface area contributed by atoms with Crippen molar-refractivity contribution in [3.63, 3.8) is 0 Å². The highest BCUT2D eigenvalue weighted by molar-refractivity contribution is 6.02. The molecule has 5 rings (SSSR count). The zero-order valence-corrected chi connectivity index (χ0v) is 16.1. The van der Waals surface area contributed by atoms with E-state index in [-0.39, 0.29) is 17.7 Å². The fourth-order valence-corrected chi connectivity index (χ4v) is 5.17. The van der Waals surface area contributed by atoms with Gasteiger partial charge in [0, 0.05) is 18.2 Å². The molecule has 0 saturated heterocycles. The van der Waals surface area contributed by atoms with Crippen molar-refractivity contribution in [3.8, 4) is 0 Å². The third kappa shape index (κ3) is 2.83. The lowest BCUT2D eigenvalue weighted by atomic mass is 9.71. The molecule has 0 aromatic heterocycles. The molecule has 1 aliphatic heterocycles. The highest BCUT2D eigenvalue weighted by Gasteiger charge is 2.55. The van der Waals surface area contributed by atoms with Crippen molar-refractivity contribution in [2.24, 2.45) is 0 Å². The summed E-state index contributed by atoms with van der Waals surface area (Å²) in [6, 6.07) is 18.2. The molecule has 2 aliphatic carbocycles. The first kappa shape index (κ1) is 17.5.